The van der Waals surface area contributed by atoms with Crippen molar-refractivity contribution in [1.82, 2.24) is 4.90 Å². The van der Waals surface area contributed by atoms with Gasteiger partial charge >= 0.3 is 0 Å². The number of rotatable bonds is 6. The quantitative estimate of drug-likeness (QED) is 0.548. The highest BCUT2D eigenvalue weighted by atomic mass is 35.5. The molecule has 0 aliphatic carbocycles. The normalized spacial score (nSPS) is 14.5. The number of carbonyl (C=O) groups is 1. The third-order valence-corrected chi connectivity index (χ3v) is 8.92. The number of sulfonamides is 1. The smallest absolute Gasteiger partial charge is 0.261 e. The molecule has 1 fully saturated rings. The van der Waals surface area contributed by atoms with Gasteiger partial charge in [-0.25, -0.2) is 21.2 Å². The number of sulfone groups is 1. The Labute approximate surface area is 195 Å². The average Bonchev–Trinajstić information content (AvgIpc) is 2.72. The fourth-order valence-corrected chi connectivity index (χ4v) is 6.22. The number of amides is 1. The Bertz CT molecular complexity index is 1420. The lowest BCUT2D eigenvalue weighted by molar-refractivity contribution is 0.0659. The van der Waals surface area contributed by atoms with Crippen molar-refractivity contribution in [1.29, 1.82) is 0 Å². The van der Waals surface area contributed by atoms with Crippen LogP contribution >= 0.6 is 11.6 Å². The largest absolute Gasteiger partial charge is 0.336 e. The Morgan fingerprint density at radius 3 is 2.24 bits per heavy atom. The standard InChI is InChI=1S/C22H18ClFN2O5S2/c23-16-7-9-19(10-8-16)32(28,29)21-13-26(14-21)22(27)15-3-1-5-18(11-15)25-33(30,31)20-6-2-4-17(24)12-20/h1-12,21,25H,13-14H2. The molecule has 1 heterocycles. The van der Waals surface area contributed by atoms with Crippen LogP contribution < -0.4 is 4.72 Å². The molecule has 1 aliphatic heterocycles. The first-order valence-electron chi connectivity index (χ1n) is 9.73. The highest BCUT2D eigenvalue weighted by molar-refractivity contribution is 7.92. The third-order valence-electron chi connectivity index (χ3n) is 5.18. The van der Waals surface area contributed by atoms with Gasteiger partial charge in [-0.2, -0.15) is 0 Å². The molecule has 33 heavy (non-hydrogen) atoms. The van der Waals surface area contributed by atoms with Crippen LogP contribution in [0.15, 0.2) is 82.6 Å². The minimum absolute atomic E-state index is 0.0169. The van der Waals surface area contributed by atoms with Crippen molar-refractivity contribution < 1.29 is 26.0 Å². The van der Waals surface area contributed by atoms with Crippen LogP contribution in [0.25, 0.3) is 0 Å². The number of likely N-dealkylation sites (tertiary alicyclic amines) is 1. The third kappa shape index (κ3) is 4.87. The van der Waals surface area contributed by atoms with Crippen LogP contribution in [-0.2, 0) is 19.9 Å². The SMILES string of the molecule is O=C(c1cccc(NS(=O)(=O)c2cccc(F)c2)c1)N1CC(S(=O)(=O)c2ccc(Cl)cc2)C1. The molecule has 1 saturated heterocycles. The molecular formula is C22H18ClFN2O5S2. The first-order valence-corrected chi connectivity index (χ1v) is 13.1. The lowest BCUT2D eigenvalue weighted by Gasteiger charge is -2.38. The van der Waals surface area contributed by atoms with E-state index >= 15 is 0 Å². The van der Waals surface area contributed by atoms with Gasteiger partial charge in [-0.05, 0) is 60.7 Å². The van der Waals surface area contributed by atoms with E-state index in [4.69, 9.17) is 11.6 Å². The first kappa shape index (κ1) is 23.2. The Balaban J connectivity index is 1.45. The molecule has 0 saturated carbocycles. The summed E-state index contributed by atoms with van der Waals surface area (Å²) in [4.78, 5) is 14.1. The average molecular weight is 509 g/mol. The zero-order chi connectivity index (χ0) is 23.8. The first-order chi connectivity index (χ1) is 15.6. The molecule has 7 nitrogen and oxygen atoms in total. The van der Waals surface area contributed by atoms with Gasteiger partial charge in [0.25, 0.3) is 15.9 Å². The predicted molar refractivity (Wildman–Crippen MR) is 122 cm³/mol. The highest BCUT2D eigenvalue weighted by Crippen LogP contribution is 2.27. The topological polar surface area (TPSA) is 101 Å². The van der Waals surface area contributed by atoms with E-state index in [0.29, 0.717) is 5.02 Å². The molecule has 1 N–H and O–H groups in total. The van der Waals surface area contributed by atoms with Crippen molar-refractivity contribution in [2.24, 2.45) is 0 Å². The number of anilines is 1. The van der Waals surface area contributed by atoms with E-state index in [2.05, 4.69) is 4.72 Å². The summed E-state index contributed by atoms with van der Waals surface area (Å²) in [5, 5.41) is -0.315. The molecule has 172 valence electrons. The molecule has 0 atom stereocenters. The summed E-state index contributed by atoms with van der Waals surface area (Å²) in [6, 6.07) is 16.2. The zero-order valence-corrected chi connectivity index (χ0v) is 19.4. The monoisotopic (exact) mass is 508 g/mol. The van der Waals surface area contributed by atoms with Gasteiger partial charge in [0.1, 0.15) is 11.1 Å². The van der Waals surface area contributed by atoms with Crippen LogP contribution in [0.3, 0.4) is 0 Å². The van der Waals surface area contributed by atoms with E-state index in [1.165, 1.54) is 65.6 Å². The van der Waals surface area contributed by atoms with Crippen LogP contribution in [0.1, 0.15) is 10.4 Å². The summed E-state index contributed by atoms with van der Waals surface area (Å²) in [5.41, 5.74) is 0.313. The lowest BCUT2D eigenvalue weighted by Crippen LogP contribution is -2.56. The van der Waals surface area contributed by atoms with E-state index in [-0.39, 0.29) is 34.1 Å². The summed E-state index contributed by atoms with van der Waals surface area (Å²) in [5.74, 6) is -1.12. The summed E-state index contributed by atoms with van der Waals surface area (Å²) in [6.45, 7) is 0.0338. The summed E-state index contributed by atoms with van der Waals surface area (Å²) in [6.07, 6.45) is 0. The van der Waals surface area contributed by atoms with E-state index in [1.807, 2.05) is 0 Å². The van der Waals surface area contributed by atoms with Crippen molar-refractivity contribution in [3.05, 3.63) is 89.2 Å². The molecule has 4 rings (SSSR count). The molecule has 0 radical (unpaired) electrons. The van der Waals surface area contributed by atoms with Crippen LogP contribution in [0.5, 0.6) is 0 Å². The molecule has 0 aromatic heterocycles. The molecular weight excluding hydrogens is 491 g/mol. The van der Waals surface area contributed by atoms with E-state index < -0.39 is 36.8 Å². The molecule has 0 unspecified atom stereocenters. The minimum Gasteiger partial charge on any atom is -0.336 e. The van der Waals surface area contributed by atoms with Crippen molar-refractivity contribution in [3.8, 4) is 0 Å². The summed E-state index contributed by atoms with van der Waals surface area (Å²) >= 11 is 5.81. The van der Waals surface area contributed by atoms with Crippen molar-refractivity contribution >= 4 is 43.1 Å². The second kappa shape index (κ2) is 8.77. The zero-order valence-electron chi connectivity index (χ0n) is 17.0. The highest BCUT2D eigenvalue weighted by Gasteiger charge is 2.40. The second-order valence-electron chi connectivity index (χ2n) is 7.47. The van der Waals surface area contributed by atoms with Crippen LogP contribution in [0.4, 0.5) is 10.1 Å². The van der Waals surface area contributed by atoms with E-state index in [1.54, 1.807) is 0 Å². The van der Waals surface area contributed by atoms with Crippen LogP contribution in [-0.4, -0.2) is 46.0 Å². The number of carbonyl (C=O) groups excluding carboxylic acids is 1. The fraction of sp³-hybridized carbons (Fsp3) is 0.136. The van der Waals surface area contributed by atoms with Gasteiger partial charge in [-0.15, -0.1) is 0 Å². The predicted octanol–water partition coefficient (Wildman–Crippen LogP) is 3.58. The van der Waals surface area contributed by atoms with Gasteiger partial charge in [0.05, 0.1) is 9.79 Å². The Kier molecular flexibility index (Phi) is 6.17. The van der Waals surface area contributed by atoms with Gasteiger partial charge in [-0.3, -0.25) is 9.52 Å². The van der Waals surface area contributed by atoms with Gasteiger partial charge < -0.3 is 4.90 Å². The maximum atomic E-state index is 13.4. The number of hydrogen-bond donors (Lipinski definition) is 1. The van der Waals surface area contributed by atoms with Gasteiger partial charge in [0.2, 0.25) is 0 Å². The number of benzene rings is 3. The maximum absolute atomic E-state index is 13.4. The molecule has 0 spiro atoms. The molecule has 3 aromatic carbocycles. The Morgan fingerprint density at radius 2 is 1.58 bits per heavy atom. The molecule has 3 aromatic rings. The second-order valence-corrected chi connectivity index (χ2v) is 11.8. The van der Waals surface area contributed by atoms with Gasteiger partial charge in [0, 0.05) is 29.4 Å². The number of nitrogens with zero attached hydrogens (tertiary/aromatic N) is 1. The molecule has 0 bridgehead atoms. The summed E-state index contributed by atoms with van der Waals surface area (Å²) in [7, 11) is -7.66. The van der Waals surface area contributed by atoms with Gasteiger partial charge in [-0.1, -0.05) is 23.7 Å². The van der Waals surface area contributed by atoms with Gasteiger partial charge in [0.15, 0.2) is 9.84 Å². The van der Waals surface area contributed by atoms with Crippen molar-refractivity contribution in [2.75, 3.05) is 17.8 Å². The lowest BCUT2D eigenvalue weighted by atomic mass is 10.1. The molecule has 1 aliphatic rings. The number of hydrogen-bond acceptors (Lipinski definition) is 5. The Hall–Kier alpha value is -2.95. The van der Waals surface area contributed by atoms with Crippen molar-refractivity contribution in [2.45, 2.75) is 15.0 Å². The van der Waals surface area contributed by atoms with E-state index in [9.17, 15) is 26.0 Å². The number of halogens is 2. The minimum atomic E-state index is -4.06. The van der Waals surface area contributed by atoms with Crippen LogP contribution in [0.2, 0.25) is 5.02 Å². The van der Waals surface area contributed by atoms with Crippen LogP contribution in [0, 0.1) is 5.82 Å². The fourth-order valence-electron chi connectivity index (χ4n) is 3.36. The molecule has 11 heteroatoms. The molecule has 1 amide bonds. The maximum Gasteiger partial charge on any atom is 0.261 e. The number of nitrogens with one attached hydrogen (secondary N) is 1. The Morgan fingerprint density at radius 1 is 0.909 bits per heavy atom. The summed E-state index contributed by atoms with van der Waals surface area (Å²) < 4.78 is 66.1. The van der Waals surface area contributed by atoms with Crippen molar-refractivity contribution in [3.63, 3.8) is 0 Å². The van der Waals surface area contributed by atoms with E-state index in [0.717, 1.165) is 12.1 Å².